The number of fused-ring (bicyclic) bond motifs is 1. The topological polar surface area (TPSA) is 110 Å². The zero-order valence-electron chi connectivity index (χ0n) is 16.9. The molecular formula is C21H19ClF2N4O3. The first kappa shape index (κ1) is 22.3. The van der Waals surface area contributed by atoms with Gasteiger partial charge in [0, 0.05) is 16.8 Å². The van der Waals surface area contributed by atoms with Gasteiger partial charge in [0.05, 0.1) is 48.1 Å². The van der Waals surface area contributed by atoms with Crippen LogP contribution < -0.4 is 20.5 Å². The van der Waals surface area contributed by atoms with E-state index >= 15 is 0 Å². The molecule has 1 atom stereocenters. The molecule has 1 amide bonds. The Morgan fingerprint density at radius 1 is 1.45 bits per heavy atom. The fraction of sp³-hybridized carbons (Fsp3) is 0.286. The van der Waals surface area contributed by atoms with Crippen LogP contribution in [0, 0.1) is 11.3 Å². The molecule has 0 bridgehead atoms. The third-order valence-corrected chi connectivity index (χ3v) is 5.21. The molecule has 7 nitrogen and oxygen atoms in total. The van der Waals surface area contributed by atoms with E-state index in [1.54, 1.807) is 19.9 Å². The first-order chi connectivity index (χ1) is 14.7. The lowest BCUT2D eigenvalue weighted by atomic mass is 9.79. The van der Waals surface area contributed by atoms with E-state index < -0.39 is 29.0 Å². The predicted octanol–water partition coefficient (Wildman–Crippen LogP) is 4.27. The number of rotatable bonds is 6. The van der Waals surface area contributed by atoms with Crippen LogP contribution in [-0.4, -0.2) is 24.6 Å². The van der Waals surface area contributed by atoms with Crippen LogP contribution >= 0.6 is 11.6 Å². The second kappa shape index (κ2) is 8.78. The number of amides is 1. The Morgan fingerprint density at radius 2 is 2.16 bits per heavy atom. The minimum absolute atomic E-state index is 0.00244. The number of hydrogen-bond acceptors (Lipinski definition) is 6. The van der Waals surface area contributed by atoms with Gasteiger partial charge in [-0.15, -0.1) is 0 Å². The molecule has 0 aliphatic carbocycles. The molecule has 1 aliphatic heterocycles. The van der Waals surface area contributed by atoms with Gasteiger partial charge in [0.15, 0.2) is 0 Å². The predicted molar refractivity (Wildman–Crippen MR) is 110 cm³/mol. The number of nitrogens with zero attached hydrogens (tertiary/aromatic N) is 2. The van der Waals surface area contributed by atoms with Gasteiger partial charge in [0.1, 0.15) is 10.9 Å². The first-order valence-corrected chi connectivity index (χ1v) is 9.62. The van der Waals surface area contributed by atoms with Gasteiger partial charge in [-0.1, -0.05) is 17.7 Å². The molecule has 1 unspecified atom stereocenters. The van der Waals surface area contributed by atoms with E-state index in [-0.39, 0.29) is 40.8 Å². The lowest BCUT2D eigenvalue weighted by Crippen LogP contribution is -2.29. The number of nitrogens with one attached hydrogen (secondary N) is 1. The van der Waals surface area contributed by atoms with Crippen molar-refractivity contribution in [3.8, 4) is 17.7 Å². The van der Waals surface area contributed by atoms with E-state index in [0.29, 0.717) is 11.1 Å². The molecule has 2 aromatic rings. The SMILES string of the molecule is CCOc1nc(Cl)c(C(F)F)c2c1C(c1ccc(C#N)cc1OC)C(C(N)=O)=C(C)N2. The van der Waals surface area contributed by atoms with Crippen LogP contribution in [0.15, 0.2) is 29.5 Å². The molecule has 0 saturated carbocycles. The second-order valence-electron chi connectivity index (χ2n) is 6.67. The summed E-state index contributed by atoms with van der Waals surface area (Å²) < 4.78 is 38.9. The van der Waals surface area contributed by atoms with Gasteiger partial charge in [-0.05, 0) is 26.0 Å². The average Bonchev–Trinajstić information content (AvgIpc) is 2.71. The van der Waals surface area contributed by atoms with Gasteiger partial charge in [-0.3, -0.25) is 4.79 Å². The smallest absolute Gasteiger partial charge is 0.268 e. The van der Waals surface area contributed by atoms with Gasteiger partial charge in [0.25, 0.3) is 6.43 Å². The van der Waals surface area contributed by atoms with Gasteiger partial charge < -0.3 is 20.5 Å². The number of allylic oxidation sites excluding steroid dienone is 1. The molecule has 31 heavy (non-hydrogen) atoms. The minimum Gasteiger partial charge on any atom is -0.496 e. The highest BCUT2D eigenvalue weighted by Gasteiger charge is 2.39. The summed E-state index contributed by atoms with van der Waals surface area (Å²) in [6.07, 6.45) is -2.94. The summed E-state index contributed by atoms with van der Waals surface area (Å²) in [6, 6.07) is 6.61. The molecule has 1 aromatic heterocycles. The molecule has 3 N–H and O–H groups in total. The number of alkyl halides is 2. The number of primary amides is 1. The Balaban J connectivity index is 2.45. The van der Waals surface area contributed by atoms with E-state index in [1.165, 1.54) is 19.2 Å². The molecule has 1 aliphatic rings. The summed E-state index contributed by atoms with van der Waals surface area (Å²) in [5, 5.41) is 11.6. The van der Waals surface area contributed by atoms with Crippen LogP contribution in [0.3, 0.4) is 0 Å². The largest absolute Gasteiger partial charge is 0.496 e. The number of nitriles is 1. The zero-order chi connectivity index (χ0) is 22.9. The third-order valence-electron chi connectivity index (χ3n) is 4.92. The van der Waals surface area contributed by atoms with Crippen molar-refractivity contribution >= 4 is 23.2 Å². The second-order valence-corrected chi connectivity index (χ2v) is 7.03. The van der Waals surface area contributed by atoms with Crippen molar-refractivity contribution in [2.75, 3.05) is 19.0 Å². The van der Waals surface area contributed by atoms with Crippen molar-refractivity contribution in [3.05, 3.63) is 56.9 Å². The quantitative estimate of drug-likeness (QED) is 0.638. The van der Waals surface area contributed by atoms with Crippen LogP contribution in [0.25, 0.3) is 0 Å². The van der Waals surface area contributed by atoms with E-state index in [4.69, 9.17) is 26.8 Å². The van der Waals surface area contributed by atoms with Gasteiger partial charge in [0.2, 0.25) is 11.8 Å². The number of methoxy groups -OCH3 is 1. The molecule has 3 rings (SSSR count). The van der Waals surface area contributed by atoms with Gasteiger partial charge in [-0.25, -0.2) is 13.8 Å². The fourth-order valence-electron chi connectivity index (χ4n) is 3.69. The number of aromatic nitrogens is 1. The fourth-order valence-corrected chi connectivity index (χ4v) is 3.94. The van der Waals surface area contributed by atoms with Gasteiger partial charge in [-0.2, -0.15) is 5.26 Å². The highest BCUT2D eigenvalue weighted by Crippen LogP contribution is 2.51. The number of hydrogen-bond donors (Lipinski definition) is 2. The number of anilines is 1. The maximum atomic E-state index is 13.9. The molecule has 0 radical (unpaired) electrons. The van der Waals surface area contributed by atoms with Crippen LogP contribution in [0.5, 0.6) is 11.6 Å². The van der Waals surface area contributed by atoms with Crippen molar-refractivity contribution < 1.29 is 23.0 Å². The highest BCUT2D eigenvalue weighted by atomic mass is 35.5. The lowest BCUT2D eigenvalue weighted by Gasteiger charge is -2.33. The van der Waals surface area contributed by atoms with Crippen molar-refractivity contribution in [3.63, 3.8) is 0 Å². The first-order valence-electron chi connectivity index (χ1n) is 9.24. The van der Waals surface area contributed by atoms with Crippen LogP contribution in [0.1, 0.15) is 48.4 Å². The van der Waals surface area contributed by atoms with E-state index in [0.717, 1.165) is 0 Å². The molecule has 1 aromatic carbocycles. The standard InChI is InChI=1S/C21H19ClF2N4O3/c1-4-31-21-15-14(11-6-5-10(8-25)7-12(11)30-3)13(20(26)29)9(2)27-17(15)16(19(23)24)18(22)28-21/h5-7,14,19,27H,4H2,1-3H3,(H2,26,29). The van der Waals surface area contributed by atoms with E-state index in [2.05, 4.69) is 10.3 Å². The molecule has 162 valence electrons. The molecule has 2 heterocycles. The highest BCUT2D eigenvalue weighted by molar-refractivity contribution is 6.30. The Bertz CT molecular complexity index is 1130. The van der Waals surface area contributed by atoms with Crippen molar-refractivity contribution in [2.24, 2.45) is 5.73 Å². The molecular weight excluding hydrogens is 430 g/mol. The summed E-state index contributed by atoms with van der Waals surface area (Å²) in [5.41, 5.74) is 6.51. The summed E-state index contributed by atoms with van der Waals surface area (Å²) >= 11 is 6.06. The normalized spacial score (nSPS) is 15.2. The zero-order valence-corrected chi connectivity index (χ0v) is 17.7. The number of pyridine rings is 1. The average molecular weight is 449 g/mol. The van der Waals surface area contributed by atoms with Gasteiger partial charge >= 0.3 is 0 Å². The third kappa shape index (κ3) is 3.86. The maximum absolute atomic E-state index is 13.9. The van der Waals surface area contributed by atoms with E-state index in [1.807, 2.05) is 6.07 Å². The molecule has 10 heteroatoms. The lowest BCUT2D eigenvalue weighted by molar-refractivity contribution is -0.114. The number of ether oxygens (including phenoxy) is 2. The number of carbonyl (C=O) groups excluding carboxylic acids is 1. The maximum Gasteiger partial charge on any atom is 0.268 e. The Morgan fingerprint density at radius 3 is 2.71 bits per heavy atom. The Hall–Kier alpha value is -3.38. The molecule has 0 spiro atoms. The summed E-state index contributed by atoms with van der Waals surface area (Å²) in [6.45, 7) is 3.43. The van der Waals surface area contributed by atoms with Crippen LogP contribution in [0.2, 0.25) is 5.15 Å². The van der Waals surface area contributed by atoms with E-state index in [9.17, 15) is 18.8 Å². The number of nitrogens with two attached hydrogens (primary N) is 1. The van der Waals surface area contributed by atoms with Crippen molar-refractivity contribution in [1.82, 2.24) is 4.98 Å². The molecule has 0 saturated heterocycles. The van der Waals surface area contributed by atoms with Crippen LogP contribution in [0.4, 0.5) is 14.5 Å². The van der Waals surface area contributed by atoms with Crippen molar-refractivity contribution in [2.45, 2.75) is 26.2 Å². The number of benzene rings is 1. The Labute approximate surface area is 182 Å². The summed E-state index contributed by atoms with van der Waals surface area (Å²) in [5.74, 6) is -1.44. The minimum atomic E-state index is -2.94. The summed E-state index contributed by atoms with van der Waals surface area (Å²) in [7, 11) is 1.40. The summed E-state index contributed by atoms with van der Waals surface area (Å²) in [4.78, 5) is 16.5. The number of halogens is 3. The molecule has 0 fully saturated rings. The Kier molecular flexibility index (Phi) is 6.32. The number of carbonyl (C=O) groups is 1. The monoisotopic (exact) mass is 448 g/mol. The van der Waals surface area contributed by atoms with Crippen LogP contribution in [-0.2, 0) is 4.79 Å². The van der Waals surface area contributed by atoms with Crippen molar-refractivity contribution in [1.29, 1.82) is 5.26 Å².